The zero-order chi connectivity index (χ0) is 74.2. The van der Waals surface area contributed by atoms with Crippen LogP contribution in [0.4, 0.5) is 34.1 Å². The average molecular weight is 1470 g/mol. The van der Waals surface area contributed by atoms with Crippen molar-refractivity contribution < 1.29 is 4.42 Å². The minimum Gasteiger partial charge on any atom is -0.456 e. The smallest absolute Gasteiger partial charge is 0.137 e. The fourth-order valence-electron chi connectivity index (χ4n) is 19.3. The van der Waals surface area contributed by atoms with Crippen LogP contribution in [0.5, 0.6) is 0 Å². The molecule has 0 saturated carbocycles. The fraction of sp³-hybridized carbons (Fsp3) is 0.0467. The maximum absolute atomic E-state index is 6.36. The predicted octanol–water partition coefficient (Wildman–Crippen LogP) is 29.6. The van der Waals surface area contributed by atoms with E-state index in [4.69, 9.17) is 4.42 Å². The Bertz CT molecular complexity index is 7020. The molecule has 0 radical (unpaired) electrons. The van der Waals surface area contributed by atoms with E-state index in [0.717, 1.165) is 56.1 Å². The Kier molecular flexibility index (Phi) is 15.2. The van der Waals surface area contributed by atoms with Crippen molar-refractivity contribution in [3.05, 3.63) is 456 Å². The Hall–Kier alpha value is -13.4. The SMILES string of the molecule is CC1(C)c2ccccc2-c2ccc(N(c3ccc(-c4ccccc4)cc3)c3ccc4sc5ccc(C6(c7ccccc7)c7ccccc7-c7ccccc76)cc5c4c3)cc21.c1ccc(N(c2ccc3c(c2)oc2ccccc23)c2ccc3sc4ccc(C5(c6ccccc6)c6ccccc6-c6ccccc65)cc4c3c2)cc1. The van der Waals surface area contributed by atoms with Crippen LogP contribution in [0.25, 0.3) is 107 Å². The van der Waals surface area contributed by atoms with Crippen LogP contribution >= 0.6 is 22.7 Å². The first kappa shape index (κ1) is 65.6. The summed E-state index contributed by atoms with van der Waals surface area (Å²) in [6, 6.07) is 148. The summed E-state index contributed by atoms with van der Waals surface area (Å²) in [5.74, 6) is 0. The van der Waals surface area contributed by atoms with Gasteiger partial charge in [0.05, 0.1) is 10.8 Å². The molecule has 0 aliphatic heterocycles. The lowest BCUT2D eigenvalue weighted by atomic mass is 9.67. The quantitative estimate of drug-likeness (QED) is 0.129. The maximum Gasteiger partial charge on any atom is 0.137 e. The zero-order valence-electron chi connectivity index (χ0n) is 61.7. The highest BCUT2D eigenvalue weighted by Crippen LogP contribution is 2.60. The van der Waals surface area contributed by atoms with Crippen LogP contribution in [0.1, 0.15) is 69.5 Å². The van der Waals surface area contributed by atoms with Crippen molar-refractivity contribution in [3.63, 3.8) is 0 Å². The third kappa shape index (κ3) is 10.0. The summed E-state index contributed by atoms with van der Waals surface area (Å²) in [7, 11) is 0. The monoisotopic (exact) mass is 1460 g/mol. The lowest BCUT2D eigenvalue weighted by molar-refractivity contribution is 0.660. The number of hydrogen-bond acceptors (Lipinski definition) is 5. The highest BCUT2D eigenvalue weighted by atomic mass is 32.1. The largest absolute Gasteiger partial charge is 0.456 e. The summed E-state index contributed by atoms with van der Waals surface area (Å²) >= 11 is 3.74. The van der Waals surface area contributed by atoms with E-state index in [0.29, 0.717) is 0 Å². The van der Waals surface area contributed by atoms with Crippen molar-refractivity contribution in [1.82, 2.24) is 0 Å². The van der Waals surface area contributed by atoms with Gasteiger partial charge in [0.2, 0.25) is 0 Å². The minimum absolute atomic E-state index is 0.110. The molecule has 0 unspecified atom stereocenters. The molecular weight excluding hydrogens is 1390 g/mol. The molecule has 3 aliphatic carbocycles. The van der Waals surface area contributed by atoms with Crippen LogP contribution in [-0.2, 0) is 16.2 Å². The van der Waals surface area contributed by atoms with Crippen molar-refractivity contribution >= 4 is 119 Å². The van der Waals surface area contributed by atoms with Crippen molar-refractivity contribution in [3.8, 4) is 44.5 Å². The Labute approximate surface area is 659 Å². The van der Waals surface area contributed by atoms with Gasteiger partial charge in [-0.25, -0.2) is 0 Å². The van der Waals surface area contributed by atoms with E-state index < -0.39 is 10.8 Å². The number of thiophene rings is 2. The highest BCUT2D eigenvalue weighted by molar-refractivity contribution is 7.26. The molecule has 20 aromatic rings. The summed E-state index contributed by atoms with van der Waals surface area (Å²) in [5, 5.41) is 7.36. The molecule has 0 amide bonds. The normalized spacial score (nSPS) is 13.7. The molecule has 3 aliphatic rings. The number of anilines is 6. The maximum atomic E-state index is 6.36. The number of nitrogens with zero attached hydrogens (tertiary/aromatic N) is 2. The second kappa shape index (κ2) is 25.9. The highest BCUT2D eigenvalue weighted by Gasteiger charge is 2.48. The number of para-hydroxylation sites is 2. The fourth-order valence-corrected chi connectivity index (χ4v) is 21.4. The van der Waals surface area contributed by atoms with E-state index in [1.807, 2.05) is 34.8 Å². The van der Waals surface area contributed by atoms with Gasteiger partial charge in [-0.2, -0.15) is 0 Å². The molecule has 0 N–H and O–H groups in total. The van der Waals surface area contributed by atoms with E-state index in [2.05, 4.69) is 412 Å². The van der Waals surface area contributed by atoms with Crippen LogP contribution in [0.3, 0.4) is 0 Å². The van der Waals surface area contributed by atoms with E-state index in [9.17, 15) is 0 Å². The van der Waals surface area contributed by atoms with Crippen molar-refractivity contribution in [2.75, 3.05) is 9.80 Å². The second-order valence-electron chi connectivity index (χ2n) is 30.5. The Morgan fingerprint density at radius 1 is 0.214 bits per heavy atom. The van der Waals surface area contributed by atoms with Gasteiger partial charge in [0.15, 0.2) is 0 Å². The lowest BCUT2D eigenvalue weighted by Crippen LogP contribution is -2.28. The minimum atomic E-state index is -0.449. The third-order valence-corrected chi connectivity index (χ3v) is 26.6. The van der Waals surface area contributed by atoms with Gasteiger partial charge in [0.25, 0.3) is 0 Å². The number of benzene rings is 17. The van der Waals surface area contributed by atoms with E-state index in [1.54, 1.807) is 0 Å². The third-order valence-electron chi connectivity index (χ3n) is 24.3. The summed E-state index contributed by atoms with van der Waals surface area (Å²) < 4.78 is 11.5. The molecule has 0 spiro atoms. The van der Waals surface area contributed by atoms with Gasteiger partial charge in [-0.15, -0.1) is 22.7 Å². The first-order chi connectivity index (χ1) is 55.3. The average Bonchev–Trinajstić information content (AvgIpc) is 1.55. The summed E-state index contributed by atoms with van der Waals surface area (Å²) in [5.41, 5.74) is 31.0. The number of fused-ring (bicyclic) bond motifs is 18. The molecule has 112 heavy (non-hydrogen) atoms. The van der Waals surface area contributed by atoms with Gasteiger partial charge >= 0.3 is 0 Å². The standard InChI is InChI=1S/C58H41NS.C49H31NOS/c1-57(2)51-22-12-9-19-45(51)48-32-30-44(37-54(48)57)59(42-28-25-39(26-29-42)38-15-5-3-6-16-38)43-31-34-56-50(36-43)49-35-41(27-33-55(49)60-56)58(40-17-7-4-8-18-40)52-23-13-10-20-46(52)47-21-11-14-24-53(47)58;1-3-13-32(14-4-1)49(43-20-10-7-17-37(43)38-18-8-11-21-44(38)49)33-23-27-47-41(29-33)42-30-35(25-28-48(42)52-47)50(34-15-5-2-6-16-34)36-24-26-40-39-19-9-12-22-45(39)51-46(40)31-36/h3-37H,1-2H3;1-31H. The van der Waals surface area contributed by atoms with Gasteiger partial charge < -0.3 is 14.2 Å². The van der Waals surface area contributed by atoms with Crippen LogP contribution < -0.4 is 9.80 Å². The molecule has 0 bridgehead atoms. The Morgan fingerprint density at radius 3 is 1.06 bits per heavy atom. The van der Waals surface area contributed by atoms with Gasteiger partial charge in [-0.1, -0.05) is 293 Å². The van der Waals surface area contributed by atoms with Crippen LogP contribution in [0.15, 0.2) is 405 Å². The van der Waals surface area contributed by atoms with Crippen molar-refractivity contribution in [2.24, 2.45) is 0 Å². The van der Waals surface area contributed by atoms with E-state index >= 15 is 0 Å². The molecule has 0 saturated heterocycles. The van der Waals surface area contributed by atoms with Crippen LogP contribution in [-0.4, -0.2) is 0 Å². The van der Waals surface area contributed by atoms with E-state index in [1.165, 1.54) is 140 Å². The number of hydrogen-bond donors (Lipinski definition) is 0. The predicted molar refractivity (Wildman–Crippen MR) is 473 cm³/mol. The van der Waals surface area contributed by atoms with E-state index in [-0.39, 0.29) is 5.41 Å². The topological polar surface area (TPSA) is 19.6 Å². The molecule has 0 atom stereocenters. The molecule has 17 aromatic carbocycles. The Balaban J connectivity index is 0.000000139. The molecule has 5 heteroatoms. The zero-order valence-corrected chi connectivity index (χ0v) is 63.4. The first-order valence-electron chi connectivity index (χ1n) is 38.7. The lowest BCUT2D eigenvalue weighted by Gasteiger charge is -2.34. The molecular formula is C107H72N2OS2. The second-order valence-corrected chi connectivity index (χ2v) is 32.7. The van der Waals surface area contributed by atoms with Crippen LogP contribution in [0.2, 0.25) is 0 Å². The van der Waals surface area contributed by atoms with Gasteiger partial charge in [0, 0.05) is 96.7 Å². The molecule has 3 heterocycles. The molecule has 23 rings (SSSR count). The van der Waals surface area contributed by atoms with Crippen LogP contribution in [0, 0.1) is 0 Å². The molecule has 0 fully saturated rings. The Morgan fingerprint density at radius 2 is 0.554 bits per heavy atom. The summed E-state index contributed by atoms with van der Waals surface area (Å²) in [6.07, 6.45) is 0. The number of furan rings is 1. The summed E-state index contributed by atoms with van der Waals surface area (Å²) in [4.78, 5) is 4.80. The van der Waals surface area contributed by atoms with Crippen molar-refractivity contribution in [1.29, 1.82) is 0 Å². The first-order valence-corrected chi connectivity index (χ1v) is 40.3. The van der Waals surface area contributed by atoms with Gasteiger partial charge in [-0.05, 0) is 215 Å². The van der Waals surface area contributed by atoms with Crippen molar-refractivity contribution in [2.45, 2.75) is 30.1 Å². The molecule has 3 nitrogen and oxygen atoms in total. The van der Waals surface area contributed by atoms with Gasteiger partial charge in [-0.3, -0.25) is 0 Å². The molecule has 528 valence electrons. The summed E-state index contributed by atoms with van der Waals surface area (Å²) in [6.45, 7) is 4.73. The van der Waals surface area contributed by atoms with Gasteiger partial charge in [0.1, 0.15) is 11.2 Å². The number of rotatable bonds is 11. The molecule has 3 aromatic heterocycles.